The van der Waals surface area contributed by atoms with Gasteiger partial charge in [0.2, 0.25) is 5.88 Å². The molecule has 1 aromatic rings. The molecule has 0 saturated heterocycles. The molecule has 1 aliphatic rings. The van der Waals surface area contributed by atoms with E-state index in [1.165, 1.54) is 12.8 Å². The fourth-order valence-corrected chi connectivity index (χ4v) is 1.28. The molecule has 4 heteroatoms. The maximum Gasteiger partial charge on any atom is 0.219 e. The molecule has 1 saturated carbocycles. The van der Waals surface area contributed by atoms with Crippen molar-refractivity contribution in [2.24, 2.45) is 0 Å². The first-order valence-electron chi connectivity index (χ1n) is 4.96. The Bertz CT molecular complexity index is 393. The second-order valence-electron chi connectivity index (χ2n) is 3.47. The number of aromatic nitrogens is 2. The topological polar surface area (TPSA) is 47.0 Å². The summed E-state index contributed by atoms with van der Waals surface area (Å²) in [5, 5.41) is 2.98. The number of anilines is 1. The summed E-state index contributed by atoms with van der Waals surface area (Å²) in [6, 6.07) is 1.75. The lowest BCUT2D eigenvalue weighted by molar-refractivity contribution is 0.353. The van der Waals surface area contributed by atoms with Crippen molar-refractivity contribution in [3.05, 3.63) is 11.9 Å². The molecule has 1 aromatic heterocycles. The number of hydrogen-bond acceptors (Lipinski definition) is 4. The molecule has 0 aromatic carbocycles. The summed E-state index contributed by atoms with van der Waals surface area (Å²) >= 11 is 0. The molecule has 0 amide bonds. The summed E-state index contributed by atoms with van der Waals surface area (Å²) < 4.78 is 5.29. The molecule has 2 rings (SSSR count). The van der Waals surface area contributed by atoms with Crippen LogP contribution in [0.1, 0.15) is 24.6 Å². The van der Waals surface area contributed by atoms with Crippen LogP contribution >= 0.6 is 0 Å². The first-order chi connectivity index (χ1) is 7.33. The Hall–Kier alpha value is -1.76. The van der Waals surface area contributed by atoms with Crippen LogP contribution in [0.15, 0.2) is 6.07 Å². The lowest BCUT2D eigenvalue weighted by Gasteiger charge is -2.06. The maximum absolute atomic E-state index is 5.29. The third kappa shape index (κ3) is 2.38. The molecule has 4 nitrogen and oxygen atoms in total. The van der Waals surface area contributed by atoms with Crippen LogP contribution in [0.25, 0.3) is 0 Å². The standard InChI is InChI=1S/C11H13N3O/c1-3-6-15-10-7-9(12-2)13-11(14-10)8-4-5-8/h1,7-8H,4-6H2,2H3,(H,12,13,14). The van der Waals surface area contributed by atoms with Crippen molar-refractivity contribution in [1.82, 2.24) is 9.97 Å². The van der Waals surface area contributed by atoms with Gasteiger partial charge in [0.05, 0.1) is 0 Å². The van der Waals surface area contributed by atoms with Gasteiger partial charge >= 0.3 is 0 Å². The number of ether oxygens (including phenoxy) is 1. The third-order valence-electron chi connectivity index (χ3n) is 2.22. The summed E-state index contributed by atoms with van der Waals surface area (Å²) in [6.07, 6.45) is 7.46. The normalized spacial score (nSPS) is 14.4. The molecule has 1 heterocycles. The smallest absolute Gasteiger partial charge is 0.219 e. The SMILES string of the molecule is C#CCOc1cc(NC)nc(C2CC2)n1. The van der Waals surface area contributed by atoms with E-state index in [1.54, 1.807) is 6.07 Å². The van der Waals surface area contributed by atoms with Gasteiger partial charge in [0.1, 0.15) is 11.6 Å². The van der Waals surface area contributed by atoms with E-state index in [0.717, 1.165) is 11.6 Å². The molecule has 0 spiro atoms. The highest BCUT2D eigenvalue weighted by Gasteiger charge is 2.27. The van der Waals surface area contributed by atoms with E-state index in [2.05, 4.69) is 21.2 Å². The van der Waals surface area contributed by atoms with Gasteiger partial charge in [-0.1, -0.05) is 5.92 Å². The average Bonchev–Trinajstić information content (AvgIpc) is 3.09. The minimum atomic E-state index is 0.240. The van der Waals surface area contributed by atoms with Crippen molar-refractivity contribution in [2.75, 3.05) is 19.0 Å². The molecular formula is C11H13N3O. The molecular weight excluding hydrogens is 190 g/mol. The van der Waals surface area contributed by atoms with Gasteiger partial charge in [0.15, 0.2) is 6.61 Å². The van der Waals surface area contributed by atoms with Crippen LogP contribution < -0.4 is 10.1 Å². The first-order valence-corrected chi connectivity index (χ1v) is 4.96. The number of rotatable bonds is 4. The molecule has 0 aliphatic heterocycles. The molecule has 0 radical (unpaired) electrons. The molecule has 15 heavy (non-hydrogen) atoms. The largest absolute Gasteiger partial charge is 0.464 e. The zero-order chi connectivity index (χ0) is 10.7. The summed E-state index contributed by atoms with van der Waals surface area (Å²) in [4.78, 5) is 8.68. The Labute approximate surface area is 89.1 Å². The van der Waals surface area contributed by atoms with Crippen molar-refractivity contribution in [2.45, 2.75) is 18.8 Å². The highest BCUT2D eigenvalue weighted by Crippen LogP contribution is 2.38. The Balaban J connectivity index is 2.21. The summed E-state index contributed by atoms with van der Waals surface area (Å²) in [7, 11) is 1.82. The summed E-state index contributed by atoms with van der Waals surface area (Å²) in [5.41, 5.74) is 0. The fraction of sp³-hybridized carbons (Fsp3) is 0.455. The Morgan fingerprint density at radius 2 is 2.40 bits per heavy atom. The number of nitrogens with zero attached hydrogens (tertiary/aromatic N) is 2. The quantitative estimate of drug-likeness (QED) is 0.751. The van der Waals surface area contributed by atoms with Crippen LogP contribution in [0.2, 0.25) is 0 Å². The highest BCUT2D eigenvalue weighted by atomic mass is 16.5. The van der Waals surface area contributed by atoms with E-state index in [-0.39, 0.29) is 6.61 Å². The van der Waals surface area contributed by atoms with E-state index < -0.39 is 0 Å². The number of hydrogen-bond donors (Lipinski definition) is 1. The van der Waals surface area contributed by atoms with Gasteiger partial charge in [-0.25, -0.2) is 4.98 Å². The van der Waals surface area contributed by atoms with Crippen LogP contribution in [0.4, 0.5) is 5.82 Å². The van der Waals surface area contributed by atoms with Crippen molar-refractivity contribution < 1.29 is 4.74 Å². The second-order valence-corrected chi connectivity index (χ2v) is 3.47. The Morgan fingerprint density at radius 1 is 1.60 bits per heavy atom. The highest BCUT2D eigenvalue weighted by molar-refractivity contribution is 5.38. The predicted molar refractivity (Wildman–Crippen MR) is 57.9 cm³/mol. The molecule has 0 bridgehead atoms. The van der Waals surface area contributed by atoms with Crippen LogP contribution in [-0.4, -0.2) is 23.6 Å². The lowest BCUT2D eigenvalue weighted by Crippen LogP contribution is -2.03. The molecule has 0 atom stereocenters. The minimum absolute atomic E-state index is 0.240. The van der Waals surface area contributed by atoms with E-state index >= 15 is 0 Å². The van der Waals surface area contributed by atoms with Gasteiger partial charge in [-0.05, 0) is 12.8 Å². The predicted octanol–water partition coefficient (Wildman–Crippen LogP) is 1.41. The minimum Gasteiger partial charge on any atom is -0.464 e. The molecule has 1 fully saturated rings. The van der Waals surface area contributed by atoms with Crippen LogP contribution in [0, 0.1) is 12.3 Å². The van der Waals surface area contributed by atoms with E-state index in [1.807, 2.05) is 7.05 Å². The van der Waals surface area contributed by atoms with Crippen LogP contribution in [0.3, 0.4) is 0 Å². The number of nitrogens with one attached hydrogen (secondary N) is 1. The fourth-order valence-electron chi connectivity index (χ4n) is 1.28. The van der Waals surface area contributed by atoms with Crippen molar-refractivity contribution >= 4 is 5.82 Å². The van der Waals surface area contributed by atoms with Crippen LogP contribution in [-0.2, 0) is 0 Å². The van der Waals surface area contributed by atoms with E-state index in [4.69, 9.17) is 11.2 Å². The molecule has 78 valence electrons. The van der Waals surface area contributed by atoms with Crippen molar-refractivity contribution in [3.8, 4) is 18.2 Å². The maximum atomic E-state index is 5.29. The third-order valence-corrected chi connectivity index (χ3v) is 2.22. The van der Waals surface area contributed by atoms with E-state index in [0.29, 0.717) is 11.8 Å². The van der Waals surface area contributed by atoms with Gasteiger partial charge in [0.25, 0.3) is 0 Å². The monoisotopic (exact) mass is 203 g/mol. The van der Waals surface area contributed by atoms with Gasteiger partial charge in [-0.15, -0.1) is 6.42 Å². The molecule has 0 unspecified atom stereocenters. The lowest BCUT2D eigenvalue weighted by atomic mass is 10.4. The van der Waals surface area contributed by atoms with Crippen LogP contribution in [0.5, 0.6) is 5.88 Å². The first kappa shape index (κ1) is 9.78. The number of terminal acetylenes is 1. The zero-order valence-electron chi connectivity index (χ0n) is 8.66. The molecule has 1 N–H and O–H groups in total. The molecule has 1 aliphatic carbocycles. The van der Waals surface area contributed by atoms with Gasteiger partial charge in [0, 0.05) is 19.0 Å². The zero-order valence-corrected chi connectivity index (χ0v) is 8.66. The Morgan fingerprint density at radius 3 is 3.00 bits per heavy atom. The van der Waals surface area contributed by atoms with E-state index in [9.17, 15) is 0 Å². The average molecular weight is 203 g/mol. The summed E-state index contributed by atoms with van der Waals surface area (Å²) in [5.74, 6) is 5.10. The van der Waals surface area contributed by atoms with Gasteiger partial charge < -0.3 is 10.1 Å². The van der Waals surface area contributed by atoms with Gasteiger partial charge in [-0.3, -0.25) is 0 Å². The van der Waals surface area contributed by atoms with Crippen molar-refractivity contribution in [3.63, 3.8) is 0 Å². The van der Waals surface area contributed by atoms with Gasteiger partial charge in [-0.2, -0.15) is 4.98 Å². The second kappa shape index (κ2) is 4.18. The Kier molecular flexibility index (Phi) is 2.72. The van der Waals surface area contributed by atoms with Crippen molar-refractivity contribution in [1.29, 1.82) is 0 Å². The summed E-state index contributed by atoms with van der Waals surface area (Å²) in [6.45, 7) is 0.240.